The number of benzene rings is 2. The molecule has 0 saturated heterocycles. The van der Waals surface area contributed by atoms with Crippen LogP contribution in [0.4, 0.5) is 0 Å². The molecule has 0 amide bonds. The Hall–Kier alpha value is -2.39. The minimum Gasteiger partial charge on any atom is -0.489 e. The van der Waals surface area contributed by atoms with E-state index in [-0.39, 0.29) is 6.04 Å². The van der Waals surface area contributed by atoms with E-state index in [0.29, 0.717) is 6.61 Å². The van der Waals surface area contributed by atoms with E-state index in [2.05, 4.69) is 17.1 Å². The molecule has 1 unspecified atom stereocenters. The standard InChI is InChI=1S/C18H18N2O/c1-13(19)15-4-2-6-17(11-15)21-12-14-7-8-18-16(10-14)5-3-9-20-18/h2-11,13H,12,19H2,1H3. The van der Waals surface area contributed by atoms with Gasteiger partial charge in [0.2, 0.25) is 0 Å². The third kappa shape index (κ3) is 3.20. The van der Waals surface area contributed by atoms with E-state index < -0.39 is 0 Å². The lowest BCUT2D eigenvalue weighted by Crippen LogP contribution is -2.05. The maximum Gasteiger partial charge on any atom is 0.120 e. The molecule has 106 valence electrons. The summed E-state index contributed by atoms with van der Waals surface area (Å²) < 4.78 is 5.86. The molecule has 1 aromatic heterocycles. The van der Waals surface area contributed by atoms with Gasteiger partial charge in [-0.3, -0.25) is 4.98 Å². The summed E-state index contributed by atoms with van der Waals surface area (Å²) in [5.41, 5.74) is 9.10. The van der Waals surface area contributed by atoms with Crippen molar-refractivity contribution in [2.24, 2.45) is 5.73 Å². The first-order valence-corrected chi connectivity index (χ1v) is 7.04. The molecule has 0 fully saturated rings. The van der Waals surface area contributed by atoms with Crippen LogP contribution in [0.25, 0.3) is 10.9 Å². The van der Waals surface area contributed by atoms with Gasteiger partial charge in [0.25, 0.3) is 0 Å². The van der Waals surface area contributed by atoms with Gasteiger partial charge in [-0.25, -0.2) is 0 Å². The molecule has 1 atom stereocenters. The Kier molecular flexibility index (Phi) is 3.84. The van der Waals surface area contributed by atoms with Gasteiger partial charge in [0.1, 0.15) is 12.4 Å². The van der Waals surface area contributed by atoms with Crippen LogP contribution in [-0.2, 0) is 6.61 Å². The van der Waals surface area contributed by atoms with Crippen LogP contribution < -0.4 is 10.5 Å². The van der Waals surface area contributed by atoms with Gasteiger partial charge in [0, 0.05) is 17.6 Å². The third-order valence-corrected chi connectivity index (χ3v) is 3.46. The lowest BCUT2D eigenvalue weighted by atomic mass is 10.1. The molecule has 0 aliphatic carbocycles. The van der Waals surface area contributed by atoms with Crippen molar-refractivity contribution in [1.82, 2.24) is 4.98 Å². The molecule has 0 radical (unpaired) electrons. The summed E-state index contributed by atoms with van der Waals surface area (Å²) in [5.74, 6) is 0.844. The van der Waals surface area contributed by atoms with Crippen molar-refractivity contribution in [2.75, 3.05) is 0 Å². The maximum absolute atomic E-state index is 5.89. The van der Waals surface area contributed by atoms with Crippen LogP contribution in [0.2, 0.25) is 0 Å². The van der Waals surface area contributed by atoms with Gasteiger partial charge < -0.3 is 10.5 Å². The summed E-state index contributed by atoms with van der Waals surface area (Å²) in [6.45, 7) is 2.50. The van der Waals surface area contributed by atoms with Crippen LogP contribution in [0.5, 0.6) is 5.75 Å². The van der Waals surface area contributed by atoms with E-state index in [9.17, 15) is 0 Å². The number of hydrogen-bond donors (Lipinski definition) is 1. The molecule has 3 heteroatoms. The Bertz CT molecular complexity index is 753. The number of pyridine rings is 1. The third-order valence-electron chi connectivity index (χ3n) is 3.46. The van der Waals surface area contributed by atoms with Crippen molar-refractivity contribution in [3.63, 3.8) is 0 Å². The first-order chi connectivity index (χ1) is 10.2. The SMILES string of the molecule is CC(N)c1cccc(OCc2ccc3ncccc3c2)c1. The molecule has 21 heavy (non-hydrogen) atoms. The fourth-order valence-corrected chi connectivity index (χ4v) is 2.27. The average Bonchev–Trinajstić information content (AvgIpc) is 2.53. The van der Waals surface area contributed by atoms with Crippen LogP contribution >= 0.6 is 0 Å². The van der Waals surface area contributed by atoms with E-state index in [4.69, 9.17) is 10.5 Å². The first kappa shape index (κ1) is 13.6. The van der Waals surface area contributed by atoms with E-state index in [1.807, 2.05) is 49.4 Å². The molecule has 0 bridgehead atoms. The number of fused-ring (bicyclic) bond motifs is 1. The molecule has 2 aromatic carbocycles. The van der Waals surface area contributed by atoms with Gasteiger partial charge in [0.15, 0.2) is 0 Å². The summed E-state index contributed by atoms with van der Waals surface area (Å²) in [5, 5.41) is 1.13. The van der Waals surface area contributed by atoms with Crippen LogP contribution in [0, 0.1) is 0 Å². The second kappa shape index (κ2) is 5.94. The highest BCUT2D eigenvalue weighted by Gasteiger charge is 2.02. The van der Waals surface area contributed by atoms with Crippen LogP contribution in [-0.4, -0.2) is 4.98 Å². The van der Waals surface area contributed by atoms with Crippen LogP contribution in [0.1, 0.15) is 24.1 Å². The van der Waals surface area contributed by atoms with Crippen molar-refractivity contribution in [1.29, 1.82) is 0 Å². The van der Waals surface area contributed by atoms with E-state index >= 15 is 0 Å². The zero-order chi connectivity index (χ0) is 14.7. The normalized spacial score (nSPS) is 12.3. The molecule has 2 N–H and O–H groups in total. The Morgan fingerprint density at radius 1 is 1.10 bits per heavy atom. The number of rotatable bonds is 4. The molecular weight excluding hydrogens is 260 g/mol. The largest absolute Gasteiger partial charge is 0.489 e. The monoisotopic (exact) mass is 278 g/mol. The van der Waals surface area contributed by atoms with Crippen molar-refractivity contribution in [2.45, 2.75) is 19.6 Å². The average molecular weight is 278 g/mol. The van der Waals surface area contributed by atoms with E-state index in [1.165, 1.54) is 0 Å². The highest BCUT2D eigenvalue weighted by molar-refractivity contribution is 5.78. The van der Waals surface area contributed by atoms with Gasteiger partial charge in [0.05, 0.1) is 5.52 Å². The fraction of sp³-hybridized carbons (Fsp3) is 0.167. The van der Waals surface area contributed by atoms with Crippen LogP contribution in [0.3, 0.4) is 0 Å². The number of nitrogens with zero attached hydrogens (tertiary/aromatic N) is 1. The topological polar surface area (TPSA) is 48.1 Å². The van der Waals surface area contributed by atoms with Gasteiger partial charge >= 0.3 is 0 Å². The van der Waals surface area contributed by atoms with E-state index in [1.54, 1.807) is 6.20 Å². The molecule has 0 aliphatic rings. The van der Waals surface area contributed by atoms with Crippen molar-refractivity contribution < 1.29 is 4.74 Å². The van der Waals surface area contributed by atoms with E-state index in [0.717, 1.165) is 27.8 Å². The van der Waals surface area contributed by atoms with Crippen molar-refractivity contribution >= 4 is 10.9 Å². The molecule has 0 spiro atoms. The quantitative estimate of drug-likeness (QED) is 0.789. The lowest BCUT2D eigenvalue weighted by molar-refractivity contribution is 0.306. The molecule has 3 rings (SSSR count). The molecule has 0 saturated carbocycles. The smallest absolute Gasteiger partial charge is 0.120 e. The summed E-state index contributed by atoms with van der Waals surface area (Å²) in [4.78, 5) is 4.32. The highest BCUT2D eigenvalue weighted by Crippen LogP contribution is 2.20. The summed E-state index contributed by atoms with van der Waals surface area (Å²) in [6.07, 6.45) is 1.80. The summed E-state index contributed by atoms with van der Waals surface area (Å²) >= 11 is 0. The zero-order valence-electron chi connectivity index (χ0n) is 12.0. The van der Waals surface area contributed by atoms with Gasteiger partial charge in [-0.05, 0) is 48.4 Å². The second-order valence-electron chi connectivity index (χ2n) is 5.18. The Morgan fingerprint density at radius 3 is 2.86 bits per heavy atom. The highest BCUT2D eigenvalue weighted by atomic mass is 16.5. The first-order valence-electron chi connectivity index (χ1n) is 7.04. The molecule has 3 aromatic rings. The second-order valence-corrected chi connectivity index (χ2v) is 5.18. The number of aromatic nitrogens is 1. The van der Waals surface area contributed by atoms with Gasteiger partial charge in [-0.2, -0.15) is 0 Å². The number of ether oxygens (including phenoxy) is 1. The molecular formula is C18H18N2O. The Balaban J connectivity index is 1.75. The Labute approximate surface area is 124 Å². The zero-order valence-corrected chi connectivity index (χ0v) is 12.0. The van der Waals surface area contributed by atoms with Gasteiger partial charge in [-0.15, -0.1) is 0 Å². The molecule has 3 nitrogen and oxygen atoms in total. The van der Waals surface area contributed by atoms with Gasteiger partial charge in [-0.1, -0.05) is 24.3 Å². The number of nitrogens with two attached hydrogens (primary N) is 1. The predicted octanol–water partition coefficient (Wildman–Crippen LogP) is 3.83. The minimum absolute atomic E-state index is 0.0142. The minimum atomic E-state index is 0.0142. The van der Waals surface area contributed by atoms with Crippen molar-refractivity contribution in [3.8, 4) is 5.75 Å². The lowest BCUT2D eigenvalue weighted by Gasteiger charge is -2.10. The predicted molar refractivity (Wildman–Crippen MR) is 85.1 cm³/mol. The maximum atomic E-state index is 5.89. The molecule has 1 heterocycles. The van der Waals surface area contributed by atoms with Crippen LogP contribution in [0.15, 0.2) is 60.8 Å². The summed E-state index contributed by atoms with van der Waals surface area (Å²) in [6, 6.07) is 18.1. The van der Waals surface area contributed by atoms with Crippen molar-refractivity contribution in [3.05, 3.63) is 71.9 Å². The Morgan fingerprint density at radius 2 is 2.00 bits per heavy atom. The molecule has 0 aliphatic heterocycles. The number of hydrogen-bond acceptors (Lipinski definition) is 3. The summed E-state index contributed by atoms with van der Waals surface area (Å²) in [7, 11) is 0. The fourth-order valence-electron chi connectivity index (χ4n) is 2.27.